The van der Waals surface area contributed by atoms with Crippen LogP contribution in [-0.2, 0) is 52.7 Å². The molecule has 2 aromatic carbocycles. The SMILES string of the molecule is CC#CC.Cc1ccc(C)c2ccccc12.[C-]#[O+].[C-]#[O+].[C-]#[O+].[C-]#[O+].[Mn].[Mn]. The first-order valence-corrected chi connectivity index (χ1v) is 6.30. The maximum absolute atomic E-state index is 7.50. The Hall–Kier alpha value is -1.74. The van der Waals surface area contributed by atoms with Crippen molar-refractivity contribution < 1.29 is 52.7 Å². The van der Waals surface area contributed by atoms with Crippen LogP contribution < -0.4 is 0 Å². The molecule has 2 radical (unpaired) electrons. The third kappa shape index (κ3) is 18.6. The van der Waals surface area contributed by atoms with Crippen molar-refractivity contribution in [2.45, 2.75) is 27.7 Å². The van der Waals surface area contributed by atoms with Gasteiger partial charge in [-0.05, 0) is 49.6 Å². The Morgan fingerprint density at radius 1 is 0.577 bits per heavy atom. The Bertz CT molecular complexity index is 635. The quantitative estimate of drug-likeness (QED) is 0.257. The molecule has 2 rings (SSSR count). The Morgan fingerprint density at radius 2 is 0.808 bits per heavy atom. The van der Waals surface area contributed by atoms with Crippen LogP contribution in [-0.4, -0.2) is 0 Å². The molecule has 0 aliphatic carbocycles. The summed E-state index contributed by atoms with van der Waals surface area (Å²) in [6.45, 7) is 25.9. The van der Waals surface area contributed by atoms with Crippen LogP contribution in [0.5, 0.6) is 0 Å². The summed E-state index contributed by atoms with van der Waals surface area (Å²) >= 11 is 0. The van der Waals surface area contributed by atoms with Crippen LogP contribution >= 0.6 is 0 Å². The fraction of sp³-hybridized carbons (Fsp3) is 0.200. The molecule has 0 heterocycles. The van der Waals surface area contributed by atoms with Crippen LogP contribution in [0.1, 0.15) is 25.0 Å². The molecule has 0 fully saturated rings. The monoisotopic (exact) mass is 432 g/mol. The van der Waals surface area contributed by atoms with Gasteiger partial charge in [-0.2, -0.15) is 0 Å². The van der Waals surface area contributed by atoms with Crippen LogP contribution in [0.15, 0.2) is 36.4 Å². The maximum Gasteiger partial charge on any atom is 0 e. The summed E-state index contributed by atoms with van der Waals surface area (Å²) in [4.78, 5) is 0. The van der Waals surface area contributed by atoms with Crippen molar-refractivity contribution in [1.82, 2.24) is 0 Å². The molecule has 0 atom stereocenters. The van der Waals surface area contributed by atoms with Crippen LogP contribution in [0.2, 0.25) is 0 Å². The van der Waals surface area contributed by atoms with Crippen LogP contribution in [0.25, 0.3) is 10.8 Å². The van der Waals surface area contributed by atoms with E-state index in [0.717, 1.165) is 0 Å². The largest absolute Gasteiger partial charge is 0 e. The second-order valence-electron chi connectivity index (χ2n) is 3.74. The molecule has 0 aliphatic rings. The van der Waals surface area contributed by atoms with Crippen LogP contribution in [0.3, 0.4) is 0 Å². The van der Waals surface area contributed by atoms with Gasteiger partial charge in [-0.15, -0.1) is 11.8 Å². The molecule has 136 valence electrons. The number of hydrogen-bond acceptors (Lipinski definition) is 0. The molecule has 0 saturated heterocycles. The molecular weight excluding hydrogens is 414 g/mol. The predicted octanol–water partition coefficient (Wildman–Crippen LogP) is 4.33. The minimum Gasteiger partial charge on any atom is 0 e. The molecule has 0 unspecified atom stereocenters. The van der Waals surface area contributed by atoms with Gasteiger partial charge in [-0.1, -0.05) is 36.4 Å². The van der Waals surface area contributed by atoms with Gasteiger partial charge in [0, 0.05) is 34.1 Å². The van der Waals surface area contributed by atoms with Crippen molar-refractivity contribution >= 4 is 10.8 Å². The summed E-state index contributed by atoms with van der Waals surface area (Å²) in [5, 5.41) is 2.75. The van der Waals surface area contributed by atoms with E-state index in [4.69, 9.17) is 18.6 Å². The molecule has 0 N–H and O–H groups in total. The van der Waals surface area contributed by atoms with E-state index in [2.05, 4.69) is 88.7 Å². The molecule has 26 heavy (non-hydrogen) atoms. The normalized spacial score (nSPS) is 5.69. The van der Waals surface area contributed by atoms with E-state index in [1.165, 1.54) is 21.9 Å². The zero-order valence-corrected chi connectivity index (χ0v) is 17.2. The van der Waals surface area contributed by atoms with E-state index in [0.29, 0.717) is 0 Å². The molecule has 2 aromatic rings. The zero-order valence-electron chi connectivity index (χ0n) is 14.9. The van der Waals surface area contributed by atoms with Gasteiger partial charge >= 0.3 is 45.2 Å². The average molecular weight is 432 g/mol. The Labute approximate surface area is 177 Å². The summed E-state index contributed by atoms with van der Waals surface area (Å²) in [5.74, 6) is 5.36. The molecule has 0 spiro atoms. The molecule has 0 aliphatic heterocycles. The van der Waals surface area contributed by atoms with Crippen molar-refractivity contribution in [1.29, 1.82) is 0 Å². The fourth-order valence-corrected chi connectivity index (χ4v) is 1.60. The third-order valence-corrected chi connectivity index (χ3v) is 2.61. The smallest absolute Gasteiger partial charge is 0 e. The first-order chi connectivity index (χ1) is 11.7. The maximum atomic E-state index is 7.50. The van der Waals surface area contributed by atoms with Crippen molar-refractivity contribution in [2.24, 2.45) is 0 Å². The van der Waals surface area contributed by atoms with Gasteiger partial charge < -0.3 is 0 Å². The minimum absolute atomic E-state index is 0. The number of benzene rings is 2. The van der Waals surface area contributed by atoms with Gasteiger partial charge in [0.2, 0.25) is 0 Å². The summed E-state index contributed by atoms with van der Waals surface area (Å²) in [5.41, 5.74) is 2.72. The first kappa shape index (κ1) is 39.4. The number of fused-ring (bicyclic) bond motifs is 1. The number of rotatable bonds is 0. The van der Waals surface area contributed by atoms with Gasteiger partial charge in [-0.25, -0.2) is 0 Å². The Balaban J connectivity index is -0.0000000616. The van der Waals surface area contributed by atoms with Crippen LogP contribution in [0.4, 0.5) is 0 Å². The van der Waals surface area contributed by atoms with E-state index in [1.54, 1.807) is 0 Å². The topological polar surface area (TPSA) is 79.6 Å². The summed E-state index contributed by atoms with van der Waals surface area (Å²) in [7, 11) is 0. The molecule has 4 nitrogen and oxygen atoms in total. The van der Waals surface area contributed by atoms with Gasteiger partial charge in [0.25, 0.3) is 0 Å². The van der Waals surface area contributed by atoms with E-state index < -0.39 is 0 Å². The predicted molar refractivity (Wildman–Crippen MR) is 88.3 cm³/mol. The summed E-state index contributed by atoms with van der Waals surface area (Å²) < 4.78 is 30.0. The molecule has 6 heteroatoms. The molecule has 0 bridgehead atoms. The Kier molecular flexibility index (Phi) is 52.3. The van der Waals surface area contributed by atoms with Gasteiger partial charge in [0.1, 0.15) is 0 Å². The van der Waals surface area contributed by atoms with Gasteiger partial charge in [0.05, 0.1) is 0 Å². The molecule has 0 aromatic heterocycles. The molecule has 0 amide bonds. The standard InChI is InChI=1S/C12H12.C4H6.4CO.2Mn/c1-9-7-8-10(2)12-6-4-3-5-11(9)12;1-3-4-2;4*1-2;;/h3-8H,1-2H3;1-2H3;;;;;;. The van der Waals surface area contributed by atoms with Crippen molar-refractivity contribution in [3.63, 3.8) is 0 Å². The first-order valence-electron chi connectivity index (χ1n) is 6.30. The Morgan fingerprint density at radius 3 is 1.00 bits per heavy atom. The fourth-order valence-electron chi connectivity index (χ4n) is 1.60. The van der Waals surface area contributed by atoms with Crippen LogP contribution in [0, 0.1) is 52.3 Å². The number of hydrogen-bond donors (Lipinski definition) is 0. The third-order valence-electron chi connectivity index (χ3n) is 2.61. The second kappa shape index (κ2) is 34.6. The van der Waals surface area contributed by atoms with Crippen molar-refractivity contribution in [3.8, 4) is 11.8 Å². The minimum atomic E-state index is 0. The zero-order chi connectivity index (χ0) is 20.0. The van der Waals surface area contributed by atoms with Crippen molar-refractivity contribution in [3.05, 3.63) is 74.1 Å². The van der Waals surface area contributed by atoms with E-state index >= 15 is 0 Å². The van der Waals surface area contributed by atoms with E-state index in [-0.39, 0.29) is 34.1 Å². The molecule has 0 saturated carbocycles. The summed E-state index contributed by atoms with van der Waals surface area (Å²) in [6.07, 6.45) is 0. The van der Waals surface area contributed by atoms with E-state index in [1.807, 2.05) is 13.8 Å². The molecular formula is C20H18Mn2O4. The van der Waals surface area contributed by atoms with Crippen molar-refractivity contribution in [2.75, 3.05) is 0 Å². The second-order valence-corrected chi connectivity index (χ2v) is 3.74. The van der Waals surface area contributed by atoms with Gasteiger partial charge in [-0.3, -0.25) is 0 Å². The average Bonchev–Trinajstić information content (AvgIpc) is 2.71. The van der Waals surface area contributed by atoms with E-state index in [9.17, 15) is 0 Å². The number of aryl methyl sites for hydroxylation is 2. The van der Waals surface area contributed by atoms with Gasteiger partial charge in [0.15, 0.2) is 0 Å². The summed E-state index contributed by atoms with van der Waals surface area (Å²) in [6, 6.07) is 12.9.